The van der Waals surface area contributed by atoms with E-state index in [9.17, 15) is 19.8 Å². The van der Waals surface area contributed by atoms with E-state index in [1.165, 1.54) is 17.0 Å². The van der Waals surface area contributed by atoms with Crippen LogP contribution in [0.1, 0.15) is 37.4 Å². The summed E-state index contributed by atoms with van der Waals surface area (Å²) in [6.45, 7) is 4.88. The average Bonchev–Trinajstić information content (AvgIpc) is 3.07. The lowest BCUT2D eigenvalue weighted by Crippen LogP contribution is -2.31. The molecule has 0 radical (unpaired) electrons. The molecular formula is C25H28ClNO7. The monoisotopic (exact) mass is 489 g/mol. The van der Waals surface area contributed by atoms with Crippen LogP contribution in [-0.4, -0.2) is 60.3 Å². The summed E-state index contributed by atoms with van der Waals surface area (Å²) in [6.07, 6.45) is 0.492. The lowest BCUT2D eigenvalue weighted by atomic mass is 9.95. The number of Topliss-reactive ketones (excluding diaryl/α,β-unsaturated/α-hetero) is 1. The van der Waals surface area contributed by atoms with Gasteiger partial charge in [-0.1, -0.05) is 17.7 Å². The van der Waals surface area contributed by atoms with Gasteiger partial charge >= 0.3 is 0 Å². The molecule has 1 saturated heterocycles. The van der Waals surface area contributed by atoms with Crippen molar-refractivity contribution in [2.75, 3.05) is 33.5 Å². The van der Waals surface area contributed by atoms with Gasteiger partial charge in [0.1, 0.15) is 11.5 Å². The third kappa shape index (κ3) is 5.13. The predicted molar refractivity (Wildman–Crippen MR) is 127 cm³/mol. The van der Waals surface area contributed by atoms with E-state index < -0.39 is 17.7 Å². The van der Waals surface area contributed by atoms with Crippen LogP contribution in [0.25, 0.3) is 5.76 Å². The number of hydrogen-bond acceptors (Lipinski definition) is 7. The molecule has 1 aliphatic rings. The van der Waals surface area contributed by atoms with E-state index >= 15 is 0 Å². The number of aliphatic hydroxyl groups excluding tert-OH is 1. The second-order valence-corrected chi connectivity index (χ2v) is 7.98. The van der Waals surface area contributed by atoms with E-state index in [-0.39, 0.29) is 34.9 Å². The summed E-state index contributed by atoms with van der Waals surface area (Å²) in [5.74, 6) is -1.39. The maximum atomic E-state index is 13.1. The van der Waals surface area contributed by atoms with Crippen molar-refractivity contribution in [3.8, 4) is 17.2 Å². The molecule has 3 rings (SSSR count). The van der Waals surface area contributed by atoms with Gasteiger partial charge in [0, 0.05) is 25.8 Å². The van der Waals surface area contributed by atoms with Crippen LogP contribution in [0.15, 0.2) is 42.0 Å². The normalized spacial score (nSPS) is 17.3. The van der Waals surface area contributed by atoms with Crippen molar-refractivity contribution in [3.05, 3.63) is 58.1 Å². The van der Waals surface area contributed by atoms with Gasteiger partial charge in [0.25, 0.3) is 11.7 Å². The first-order chi connectivity index (χ1) is 16.3. The predicted octanol–water partition coefficient (Wildman–Crippen LogP) is 4.30. The number of phenols is 1. The number of aromatic hydroxyl groups is 1. The minimum atomic E-state index is -0.886. The summed E-state index contributed by atoms with van der Waals surface area (Å²) in [7, 11) is 1.55. The quantitative estimate of drug-likeness (QED) is 0.222. The van der Waals surface area contributed by atoms with Crippen molar-refractivity contribution in [3.63, 3.8) is 0 Å². The van der Waals surface area contributed by atoms with E-state index in [0.29, 0.717) is 42.6 Å². The Bertz CT molecular complexity index is 1100. The number of likely N-dealkylation sites (tertiary alicyclic amines) is 1. The highest BCUT2D eigenvalue weighted by molar-refractivity contribution is 6.46. The summed E-state index contributed by atoms with van der Waals surface area (Å²) < 4.78 is 16.1. The van der Waals surface area contributed by atoms with Gasteiger partial charge in [-0.25, -0.2) is 0 Å². The Kier molecular flexibility index (Phi) is 8.41. The first kappa shape index (κ1) is 25.4. The maximum Gasteiger partial charge on any atom is 0.295 e. The molecule has 0 saturated carbocycles. The van der Waals surface area contributed by atoms with Gasteiger partial charge in [0.2, 0.25) is 0 Å². The molecule has 1 atom stereocenters. The number of carbonyl (C=O) groups is 2. The summed E-state index contributed by atoms with van der Waals surface area (Å²) >= 11 is 6.17. The van der Waals surface area contributed by atoms with Crippen molar-refractivity contribution in [2.24, 2.45) is 0 Å². The second kappa shape index (κ2) is 11.3. The molecule has 182 valence electrons. The molecule has 1 heterocycles. The number of phenolic OH excluding ortho intramolecular Hbond substituents is 1. The topological polar surface area (TPSA) is 106 Å². The molecule has 1 fully saturated rings. The largest absolute Gasteiger partial charge is 0.507 e. The fourth-order valence-electron chi connectivity index (χ4n) is 3.88. The number of nitrogens with zero attached hydrogens (tertiary/aromatic N) is 1. The molecule has 0 bridgehead atoms. The van der Waals surface area contributed by atoms with E-state index in [4.69, 9.17) is 25.8 Å². The number of ketones is 1. The van der Waals surface area contributed by atoms with Gasteiger partial charge in [-0.15, -0.1) is 0 Å². The van der Waals surface area contributed by atoms with Gasteiger partial charge in [-0.2, -0.15) is 0 Å². The average molecular weight is 490 g/mol. The van der Waals surface area contributed by atoms with Gasteiger partial charge in [-0.05, 0) is 56.2 Å². The Hall–Kier alpha value is -3.23. The lowest BCUT2D eigenvalue weighted by molar-refractivity contribution is -0.140. The first-order valence-electron chi connectivity index (χ1n) is 11.0. The summed E-state index contributed by atoms with van der Waals surface area (Å²) in [5.41, 5.74) is 0.732. The van der Waals surface area contributed by atoms with Crippen molar-refractivity contribution < 1.29 is 34.0 Å². The lowest BCUT2D eigenvalue weighted by Gasteiger charge is -2.26. The Morgan fingerprint density at radius 2 is 1.76 bits per heavy atom. The van der Waals surface area contributed by atoms with Crippen molar-refractivity contribution in [1.82, 2.24) is 4.90 Å². The molecule has 1 aliphatic heterocycles. The van der Waals surface area contributed by atoms with Crippen LogP contribution in [-0.2, 0) is 14.3 Å². The van der Waals surface area contributed by atoms with Crippen molar-refractivity contribution in [2.45, 2.75) is 26.3 Å². The second-order valence-electron chi connectivity index (χ2n) is 7.58. The minimum absolute atomic E-state index is 0.0685. The summed E-state index contributed by atoms with van der Waals surface area (Å²) in [6, 6.07) is 8.35. The number of amides is 1. The zero-order valence-corrected chi connectivity index (χ0v) is 20.1. The van der Waals surface area contributed by atoms with E-state index in [0.717, 1.165) is 0 Å². The van der Waals surface area contributed by atoms with Crippen molar-refractivity contribution >= 4 is 29.1 Å². The highest BCUT2D eigenvalue weighted by Gasteiger charge is 2.46. The van der Waals surface area contributed by atoms with E-state index in [1.807, 2.05) is 0 Å². The molecule has 1 amide bonds. The molecule has 0 aromatic heterocycles. The third-order valence-electron chi connectivity index (χ3n) is 5.39. The van der Waals surface area contributed by atoms with Crippen LogP contribution in [0.4, 0.5) is 0 Å². The number of halogens is 1. The molecule has 0 spiro atoms. The van der Waals surface area contributed by atoms with Crippen LogP contribution in [0.3, 0.4) is 0 Å². The fraction of sp³-hybridized carbons (Fsp3) is 0.360. The number of aliphatic hydroxyl groups is 1. The molecule has 2 N–H and O–H groups in total. The Morgan fingerprint density at radius 1 is 1.06 bits per heavy atom. The number of hydrogen-bond donors (Lipinski definition) is 2. The van der Waals surface area contributed by atoms with Crippen LogP contribution >= 0.6 is 11.6 Å². The standard InChI is InChI=1S/C25H28ClNO7/c1-4-33-19-14-16(7-9-17(19)26)23(29)21-22(15-8-10-18(28)20(13-15)34-5-2)27(11-6-12-32-3)25(31)24(21)30/h7-10,13-14,22,28-29H,4-6,11-12H2,1-3H3/b23-21-. The van der Waals surface area contributed by atoms with E-state index in [1.54, 1.807) is 45.2 Å². The molecule has 8 nitrogen and oxygen atoms in total. The van der Waals surface area contributed by atoms with Gasteiger partial charge in [0.15, 0.2) is 11.5 Å². The number of methoxy groups -OCH3 is 1. The number of carbonyl (C=O) groups excluding carboxylic acids is 2. The molecule has 9 heteroatoms. The van der Waals surface area contributed by atoms with Gasteiger partial charge in [0.05, 0.1) is 29.9 Å². The minimum Gasteiger partial charge on any atom is -0.507 e. The summed E-state index contributed by atoms with van der Waals surface area (Å²) in [4.78, 5) is 27.5. The molecule has 1 unspecified atom stereocenters. The van der Waals surface area contributed by atoms with Crippen LogP contribution in [0.5, 0.6) is 17.2 Å². The molecular weight excluding hydrogens is 462 g/mol. The Balaban J connectivity index is 2.17. The SMILES string of the molecule is CCOc1cc(C2/C(=C(/O)c3ccc(Cl)c(OCC)c3)C(=O)C(=O)N2CCCOC)ccc1O. The maximum absolute atomic E-state index is 13.1. The third-order valence-corrected chi connectivity index (χ3v) is 5.70. The zero-order valence-electron chi connectivity index (χ0n) is 19.3. The number of ether oxygens (including phenoxy) is 3. The van der Waals surface area contributed by atoms with Crippen LogP contribution in [0.2, 0.25) is 5.02 Å². The molecule has 2 aromatic carbocycles. The molecule has 34 heavy (non-hydrogen) atoms. The fourth-order valence-corrected chi connectivity index (χ4v) is 4.05. The highest BCUT2D eigenvalue weighted by atomic mass is 35.5. The van der Waals surface area contributed by atoms with Crippen molar-refractivity contribution in [1.29, 1.82) is 0 Å². The summed E-state index contributed by atoms with van der Waals surface area (Å²) in [5, 5.41) is 21.7. The van der Waals surface area contributed by atoms with Gasteiger partial charge < -0.3 is 29.3 Å². The molecule has 2 aromatic rings. The Morgan fingerprint density at radius 3 is 2.44 bits per heavy atom. The zero-order chi connectivity index (χ0) is 24.8. The molecule has 0 aliphatic carbocycles. The highest BCUT2D eigenvalue weighted by Crippen LogP contribution is 2.42. The van der Waals surface area contributed by atoms with Gasteiger partial charge in [-0.3, -0.25) is 9.59 Å². The van der Waals surface area contributed by atoms with E-state index in [2.05, 4.69) is 0 Å². The van der Waals surface area contributed by atoms with Crippen LogP contribution in [0, 0.1) is 0 Å². The Labute approximate surface area is 203 Å². The van der Waals surface area contributed by atoms with Crippen LogP contribution < -0.4 is 9.47 Å². The number of rotatable bonds is 10. The number of benzene rings is 2. The smallest absolute Gasteiger partial charge is 0.295 e. The first-order valence-corrected chi connectivity index (χ1v) is 11.4.